The fourth-order valence-corrected chi connectivity index (χ4v) is 4.61. The molecule has 0 atom stereocenters. The number of ether oxygens (including phenoxy) is 1. The van der Waals surface area contributed by atoms with Crippen LogP contribution in [-0.2, 0) is 22.0 Å². The average Bonchev–Trinajstić information content (AvgIpc) is 2.63. The van der Waals surface area contributed by atoms with E-state index in [1.54, 1.807) is 7.11 Å². The van der Waals surface area contributed by atoms with Crippen LogP contribution in [0.15, 0.2) is 60.7 Å². The molecule has 0 aliphatic heterocycles. The van der Waals surface area contributed by atoms with Crippen LogP contribution in [0.3, 0.4) is 0 Å². The number of rotatable bonds is 11. The number of hydrogen-bond donors (Lipinski definition) is 0. The van der Waals surface area contributed by atoms with E-state index in [-0.39, 0.29) is 5.41 Å². The van der Waals surface area contributed by atoms with Gasteiger partial charge in [-0.05, 0) is 29.0 Å². The van der Waals surface area contributed by atoms with E-state index in [0.29, 0.717) is 11.6 Å². The van der Waals surface area contributed by atoms with Crippen molar-refractivity contribution in [2.45, 2.75) is 45.1 Å². The third-order valence-electron chi connectivity index (χ3n) is 5.15. The first-order valence-electron chi connectivity index (χ1n) is 9.63. The first kappa shape index (κ1) is 20.9. The molecule has 0 radical (unpaired) electrons. The lowest BCUT2D eigenvalue weighted by Crippen LogP contribution is -2.38. The van der Waals surface area contributed by atoms with Gasteiger partial charge in [0.25, 0.3) is 0 Å². The molecule has 0 saturated heterocycles. The maximum absolute atomic E-state index is 6.41. The van der Waals surface area contributed by atoms with Crippen molar-refractivity contribution in [3.05, 3.63) is 71.8 Å². The predicted octanol–water partition coefficient (Wildman–Crippen LogP) is 4.81. The van der Waals surface area contributed by atoms with E-state index >= 15 is 0 Å². The van der Waals surface area contributed by atoms with Crippen molar-refractivity contribution in [2.75, 3.05) is 20.3 Å². The van der Waals surface area contributed by atoms with Gasteiger partial charge in [-0.15, -0.1) is 0 Å². The lowest BCUT2D eigenvalue weighted by Gasteiger charge is -2.35. The smallest absolute Gasteiger partial charge is 0.167 e. The summed E-state index contributed by atoms with van der Waals surface area (Å²) in [6, 6.07) is 21.5. The van der Waals surface area contributed by atoms with Crippen molar-refractivity contribution in [2.24, 2.45) is 5.41 Å². The first-order valence-corrected chi connectivity index (χ1v) is 10.9. The molecular formula is C23H34O2Si. The monoisotopic (exact) mass is 370 g/mol. The predicted molar refractivity (Wildman–Crippen MR) is 113 cm³/mol. The zero-order valence-corrected chi connectivity index (χ0v) is 18.2. The van der Waals surface area contributed by atoms with Gasteiger partial charge < -0.3 is 9.16 Å². The minimum absolute atomic E-state index is 0.0335. The molecule has 142 valence electrons. The lowest BCUT2D eigenvalue weighted by molar-refractivity contribution is 0.0378. The van der Waals surface area contributed by atoms with Crippen LogP contribution >= 0.6 is 0 Å². The quantitative estimate of drug-likeness (QED) is 0.528. The molecule has 0 spiro atoms. The zero-order valence-electron chi connectivity index (χ0n) is 16.8. The highest BCUT2D eigenvalue weighted by molar-refractivity contribution is 6.31. The largest absolute Gasteiger partial charge is 0.423 e. The van der Waals surface area contributed by atoms with Crippen LogP contribution in [0.1, 0.15) is 38.3 Å². The summed E-state index contributed by atoms with van der Waals surface area (Å²) < 4.78 is 12.1. The second kappa shape index (κ2) is 10.1. The molecule has 0 aliphatic rings. The molecule has 3 heteroatoms. The van der Waals surface area contributed by atoms with Gasteiger partial charge in [0.1, 0.15) is 0 Å². The van der Waals surface area contributed by atoms with Crippen LogP contribution in [0.5, 0.6) is 0 Å². The number of hydrogen-bond acceptors (Lipinski definition) is 2. The normalized spacial score (nSPS) is 12.8. The molecule has 0 fully saturated rings. The molecule has 2 aromatic rings. The summed E-state index contributed by atoms with van der Waals surface area (Å²) in [4.78, 5) is 0. The summed E-state index contributed by atoms with van der Waals surface area (Å²) in [6.07, 6.45) is 3.11. The highest BCUT2D eigenvalue weighted by atomic mass is 28.2. The van der Waals surface area contributed by atoms with Crippen LogP contribution in [0.25, 0.3) is 0 Å². The van der Waals surface area contributed by atoms with Crippen LogP contribution in [-0.4, -0.2) is 30.1 Å². The Labute approximate surface area is 161 Å². The van der Waals surface area contributed by atoms with Gasteiger partial charge in [-0.1, -0.05) is 87.9 Å². The van der Waals surface area contributed by atoms with Gasteiger partial charge in [-0.3, -0.25) is 0 Å². The molecule has 2 nitrogen and oxygen atoms in total. The second-order valence-electron chi connectivity index (χ2n) is 8.27. The van der Waals surface area contributed by atoms with Crippen molar-refractivity contribution >= 4 is 9.76 Å². The van der Waals surface area contributed by atoms with E-state index in [9.17, 15) is 0 Å². The van der Waals surface area contributed by atoms with Crippen molar-refractivity contribution in [1.29, 1.82) is 0 Å². The summed E-state index contributed by atoms with van der Waals surface area (Å²) >= 11 is 0. The highest BCUT2D eigenvalue weighted by Crippen LogP contribution is 2.32. The molecule has 0 N–H and O–H groups in total. The Kier molecular flexibility index (Phi) is 8.07. The maximum atomic E-state index is 6.41. The lowest BCUT2D eigenvalue weighted by atomic mass is 9.78. The Balaban J connectivity index is 2.20. The van der Waals surface area contributed by atoms with Crippen LogP contribution < -0.4 is 0 Å². The minimum Gasteiger partial charge on any atom is -0.423 e. The van der Waals surface area contributed by atoms with E-state index in [2.05, 4.69) is 81.4 Å². The summed E-state index contributed by atoms with van der Waals surface area (Å²) in [6.45, 7) is 8.38. The SMILES string of the molecule is CCC(C)(C)[SiH2]OCC(COC)(Cc1ccccc1)Cc1ccccc1. The summed E-state index contributed by atoms with van der Waals surface area (Å²) in [5.74, 6) is 0. The molecular weight excluding hydrogens is 336 g/mol. The first-order chi connectivity index (χ1) is 12.5. The second-order valence-corrected chi connectivity index (χ2v) is 10.9. The van der Waals surface area contributed by atoms with E-state index < -0.39 is 9.76 Å². The van der Waals surface area contributed by atoms with E-state index in [4.69, 9.17) is 9.16 Å². The summed E-state index contributed by atoms with van der Waals surface area (Å²) in [5.41, 5.74) is 2.66. The van der Waals surface area contributed by atoms with Crippen LogP contribution in [0, 0.1) is 5.41 Å². The van der Waals surface area contributed by atoms with Crippen LogP contribution in [0.2, 0.25) is 5.04 Å². The average molecular weight is 371 g/mol. The fraction of sp³-hybridized carbons (Fsp3) is 0.478. The van der Waals surface area contributed by atoms with Gasteiger partial charge >= 0.3 is 0 Å². The molecule has 0 aromatic heterocycles. The van der Waals surface area contributed by atoms with Crippen molar-refractivity contribution in [3.63, 3.8) is 0 Å². The van der Waals surface area contributed by atoms with Crippen molar-refractivity contribution in [1.82, 2.24) is 0 Å². The van der Waals surface area contributed by atoms with Gasteiger partial charge in [0.2, 0.25) is 0 Å². The van der Waals surface area contributed by atoms with Gasteiger partial charge in [-0.2, -0.15) is 0 Å². The Morgan fingerprint density at radius 1 is 0.808 bits per heavy atom. The van der Waals surface area contributed by atoms with E-state index in [1.165, 1.54) is 17.5 Å². The third-order valence-corrected chi connectivity index (χ3v) is 6.84. The van der Waals surface area contributed by atoms with Gasteiger partial charge in [-0.25, -0.2) is 0 Å². The Hall–Kier alpha value is -1.42. The Bertz CT molecular complexity index is 584. The molecule has 2 aromatic carbocycles. The Morgan fingerprint density at radius 3 is 1.73 bits per heavy atom. The fourth-order valence-electron chi connectivity index (χ4n) is 3.32. The van der Waals surface area contributed by atoms with Crippen LogP contribution in [0.4, 0.5) is 0 Å². The molecule has 0 saturated carbocycles. The zero-order chi connectivity index (χ0) is 18.9. The van der Waals surface area contributed by atoms with E-state index in [0.717, 1.165) is 19.4 Å². The van der Waals surface area contributed by atoms with Gasteiger partial charge in [0.15, 0.2) is 9.76 Å². The standard InChI is InChI=1S/C23H34O2Si/c1-5-22(2,3)26-25-19-23(18-24-4,16-20-12-8-6-9-13-20)17-21-14-10-7-11-15-21/h6-15H,5,16-19,26H2,1-4H3. The molecule has 26 heavy (non-hydrogen) atoms. The highest BCUT2D eigenvalue weighted by Gasteiger charge is 2.32. The Morgan fingerprint density at radius 2 is 1.31 bits per heavy atom. The van der Waals surface area contributed by atoms with Crippen molar-refractivity contribution in [3.8, 4) is 0 Å². The molecule has 0 unspecified atom stereocenters. The minimum atomic E-state index is -0.591. The van der Waals surface area contributed by atoms with E-state index in [1.807, 2.05) is 0 Å². The molecule has 0 amide bonds. The molecule has 2 rings (SSSR count). The third kappa shape index (κ3) is 6.71. The maximum Gasteiger partial charge on any atom is 0.167 e. The summed E-state index contributed by atoms with van der Waals surface area (Å²) in [7, 11) is 1.21. The summed E-state index contributed by atoms with van der Waals surface area (Å²) in [5, 5.41) is 0.346. The number of benzene rings is 2. The molecule has 0 bridgehead atoms. The number of methoxy groups -OCH3 is 1. The van der Waals surface area contributed by atoms with Gasteiger partial charge in [0.05, 0.1) is 6.61 Å². The molecule has 0 heterocycles. The van der Waals surface area contributed by atoms with Crippen molar-refractivity contribution < 1.29 is 9.16 Å². The molecule has 0 aliphatic carbocycles. The topological polar surface area (TPSA) is 18.5 Å². The van der Waals surface area contributed by atoms with Gasteiger partial charge in [0, 0.05) is 19.1 Å².